The average molecular weight is 261 g/mol. The van der Waals surface area contributed by atoms with Gasteiger partial charge in [0, 0.05) is 18.3 Å². The molecule has 1 aliphatic heterocycles. The molecule has 0 aromatic heterocycles. The molecule has 1 aromatic carbocycles. The molecular formula is C16H27N3. The van der Waals surface area contributed by atoms with Crippen LogP contribution >= 0.6 is 0 Å². The smallest absolute Gasteiger partial charge is 0.0316 e. The Morgan fingerprint density at radius 2 is 2.16 bits per heavy atom. The van der Waals surface area contributed by atoms with Crippen LogP contribution in [0.2, 0.25) is 0 Å². The summed E-state index contributed by atoms with van der Waals surface area (Å²) in [4.78, 5) is 5.08. The zero-order chi connectivity index (χ0) is 13.7. The lowest BCUT2D eigenvalue weighted by Gasteiger charge is -2.27. The van der Waals surface area contributed by atoms with E-state index in [0.29, 0.717) is 6.04 Å². The number of rotatable bonds is 4. The number of hydrogen-bond donors (Lipinski definition) is 1. The van der Waals surface area contributed by atoms with Gasteiger partial charge in [0.05, 0.1) is 0 Å². The van der Waals surface area contributed by atoms with Crippen molar-refractivity contribution in [3.63, 3.8) is 0 Å². The number of hydrogen-bond acceptors (Lipinski definition) is 3. The summed E-state index contributed by atoms with van der Waals surface area (Å²) in [5, 5.41) is 0. The molecule has 0 spiro atoms. The number of likely N-dealkylation sites (N-methyl/N-ethyl adjacent to an activating group) is 1. The van der Waals surface area contributed by atoms with E-state index >= 15 is 0 Å². The van der Waals surface area contributed by atoms with Crippen molar-refractivity contribution in [2.45, 2.75) is 32.2 Å². The molecular weight excluding hydrogens is 234 g/mol. The summed E-state index contributed by atoms with van der Waals surface area (Å²) < 4.78 is 0. The second-order valence-electron chi connectivity index (χ2n) is 5.85. The summed E-state index contributed by atoms with van der Waals surface area (Å²) in [6.45, 7) is 7.21. The zero-order valence-corrected chi connectivity index (χ0v) is 12.3. The van der Waals surface area contributed by atoms with Gasteiger partial charge in [0.1, 0.15) is 0 Å². The number of aryl methyl sites for hydroxylation is 1. The molecule has 0 amide bonds. The van der Waals surface area contributed by atoms with Crippen molar-refractivity contribution in [3.05, 3.63) is 29.8 Å². The molecule has 1 saturated heterocycles. The van der Waals surface area contributed by atoms with Crippen molar-refractivity contribution in [1.82, 2.24) is 9.80 Å². The minimum Gasteiger partial charge on any atom is -0.399 e. The fraction of sp³-hybridized carbons (Fsp3) is 0.625. The summed E-state index contributed by atoms with van der Waals surface area (Å²) in [5.41, 5.74) is 8.05. The van der Waals surface area contributed by atoms with Gasteiger partial charge in [-0.1, -0.05) is 12.1 Å². The first-order valence-corrected chi connectivity index (χ1v) is 7.42. The average Bonchev–Trinajstić information content (AvgIpc) is 2.51. The Morgan fingerprint density at radius 3 is 2.95 bits per heavy atom. The Morgan fingerprint density at radius 1 is 1.32 bits per heavy atom. The molecule has 2 rings (SSSR count). The molecule has 1 aliphatic rings. The molecule has 1 fully saturated rings. The predicted octanol–water partition coefficient (Wildman–Crippen LogP) is 2.23. The van der Waals surface area contributed by atoms with Crippen molar-refractivity contribution in [2.75, 3.05) is 39.0 Å². The third-order valence-electron chi connectivity index (χ3n) is 4.05. The van der Waals surface area contributed by atoms with Crippen LogP contribution in [0.3, 0.4) is 0 Å². The van der Waals surface area contributed by atoms with E-state index in [2.05, 4.69) is 35.9 Å². The minimum absolute atomic E-state index is 0.674. The van der Waals surface area contributed by atoms with E-state index < -0.39 is 0 Å². The van der Waals surface area contributed by atoms with Crippen molar-refractivity contribution >= 4 is 5.69 Å². The number of nitrogens with zero attached hydrogens (tertiary/aromatic N) is 2. The quantitative estimate of drug-likeness (QED) is 0.844. The number of anilines is 1. The van der Waals surface area contributed by atoms with Crippen molar-refractivity contribution < 1.29 is 0 Å². The highest BCUT2D eigenvalue weighted by Crippen LogP contribution is 2.12. The molecule has 3 heteroatoms. The molecule has 0 aliphatic carbocycles. The van der Waals surface area contributed by atoms with Crippen LogP contribution in [0, 0.1) is 0 Å². The van der Waals surface area contributed by atoms with Crippen LogP contribution in [0.15, 0.2) is 24.3 Å². The number of benzene rings is 1. The Hall–Kier alpha value is -1.06. The first kappa shape index (κ1) is 14.4. The molecule has 0 saturated carbocycles. The maximum Gasteiger partial charge on any atom is 0.0316 e. The largest absolute Gasteiger partial charge is 0.399 e. The van der Waals surface area contributed by atoms with Gasteiger partial charge < -0.3 is 10.6 Å². The van der Waals surface area contributed by atoms with E-state index in [1.807, 2.05) is 12.1 Å². The monoisotopic (exact) mass is 261 g/mol. The third kappa shape index (κ3) is 4.51. The molecule has 2 N–H and O–H groups in total. The highest BCUT2D eigenvalue weighted by Gasteiger charge is 2.18. The summed E-state index contributed by atoms with van der Waals surface area (Å²) in [6, 6.07) is 8.95. The van der Waals surface area contributed by atoms with E-state index in [9.17, 15) is 0 Å². The van der Waals surface area contributed by atoms with Gasteiger partial charge in [0.2, 0.25) is 0 Å². The van der Waals surface area contributed by atoms with E-state index in [4.69, 9.17) is 5.73 Å². The maximum atomic E-state index is 5.82. The first-order valence-electron chi connectivity index (χ1n) is 7.42. The van der Waals surface area contributed by atoms with Gasteiger partial charge >= 0.3 is 0 Å². The molecule has 1 heterocycles. The van der Waals surface area contributed by atoms with Crippen LogP contribution in [0.25, 0.3) is 0 Å². The summed E-state index contributed by atoms with van der Waals surface area (Å²) in [6.07, 6.45) is 3.64. The Balaban J connectivity index is 1.78. The van der Waals surface area contributed by atoms with E-state index in [-0.39, 0.29) is 0 Å². The molecule has 106 valence electrons. The standard InChI is InChI=1S/C16H27N3/c1-14-13-18(2)9-5-11-19(14)10-4-7-15-6-3-8-16(17)12-15/h3,6,8,12,14H,4-5,7,9-11,13,17H2,1-2H3. The topological polar surface area (TPSA) is 32.5 Å². The summed E-state index contributed by atoms with van der Waals surface area (Å²) in [7, 11) is 2.23. The third-order valence-corrected chi connectivity index (χ3v) is 4.05. The Kier molecular flexibility index (Phi) is 5.23. The second-order valence-corrected chi connectivity index (χ2v) is 5.85. The van der Waals surface area contributed by atoms with Gasteiger partial charge in [-0.05, 0) is 70.6 Å². The maximum absolute atomic E-state index is 5.82. The molecule has 19 heavy (non-hydrogen) atoms. The summed E-state index contributed by atoms with van der Waals surface area (Å²) in [5.74, 6) is 0. The van der Waals surface area contributed by atoms with Crippen LogP contribution in [-0.4, -0.2) is 49.1 Å². The Labute approximate surface area is 117 Å². The fourth-order valence-corrected chi connectivity index (χ4v) is 2.99. The van der Waals surface area contributed by atoms with Gasteiger partial charge in [-0.25, -0.2) is 0 Å². The molecule has 0 radical (unpaired) electrons. The molecule has 0 bridgehead atoms. The van der Waals surface area contributed by atoms with Crippen LogP contribution in [-0.2, 0) is 6.42 Å². The normalized spacial score (nSPS) is 22.3. The fourth-order valence-electron chi connectivity index (χ4n) is 2.99. The van der Waals surface area contributed by atoms with E-state index in [1.165, 1.54) is 44.6 Å². The lowest BCUT2D eigenvalue weighted by atomic mass is 10.1. The minimum atomic E-state index is 0.674. The summed E-state index contributed by atoms with van der Waals surface area (Å²) >= 11 is 0. The Bertz CT molecular complexity index is 391. The number of nitrogens with two attached hydrogens (primary N) is 1. The van der Waals surface area contributed by atoms with E-state index in [0.717, 1.165) is 12.1 Å². The molecule has 1 atom stereocenters. The van der Waals surface area contributed by atoms with E-state index in [1.54, 1.807) is 0 Å². The highest BCUT2D eigenvalue weighted by molar-refractivity contribution is 5.40. The second kappa shape index (κ2) is 6.92. The van der Waals surface area contributed by atoms with Crippen molar-refractivity contribution in [2.24, 2.45) is 0 Å². The van der Waals surface area contributed by atoms with Crippen LogP contribution in [0.5, 0.6) is 0 Å². The zero-order valence-electron chi connectivity index (χ0n) is 12.3. The lowest BCUT2D eigenvalue weighted by molar-refractivity contribution is 0.200. The predicted molar refractivity (Wildman–Crippen MR) is 82.3 cm³/mol. The first-order chi connectivity index (χ1) is 9.15. The van der Waals surface area contributed by atoms with Crippen LogP contribution in [0.4, 0.5) is 5.69 Å². The van der Waals surface area contributed by atoms with Gasteiger partial charge in [0.15, 0.2) is 0 Å². The SMILES string of the molecule is CC1CN(C)CCCN1CCCc1cccc(N)c1. The number of nitrogen functional groups attached to an aromatic ring is 1. The van der Waals surface area contributed by atoms with Crippen LogP contribution < -0.4 is 5.73 Å². The molecule has 3 nitrogen and oxygen atoms in total. The molecule has 1 unspecified atom stereocenters. The molecule has 1 aromatic rings. The van der Waals surface area contributed by atoms with Crippen LogP contribution in [0.1, 0.15) is 25.3 Å². The van der Waals surface area contributed by atoms with Gasteiger partial charge in [0.25, 0.3) is 0 Å². The van der Waals surface area contributed by atoms with Gasteiger partial charge in [-0.2, -0.15) is 0 Å². The lowest BCUT2D eigenvalue weighted by Crippen LogP contribution is -2.38. The van der Waals surface area contributed by atoms with Gasteiger partial charge in [-0.15, -0.1) is 0 Å². The highest BCUT2D eigenvalue weighted by atomic mass is 15.2. The van der Waals surface area contributed by atoms with Gasteiger partial charge in [-0.3, -0.25) is 4.90 Å². The van der Waals surface area contributed by atoms with Crippen molar-refractivity contribution in [3.8, 4) is 0 Å². The van der Waals surface area contributed by atoms with Crippen molar-refractivity contribution in [1.29, 1.82) is 0 Å².